The molecule has 0 aromatic heterocycles. The average molecular weight is 348 g/mol. The van der Waals surface area contributed by atoms with E-state index >= 15 is 0 Å². The second-order valence-corrected chi connectivity index (χ2v) is 5.19. The summed E-state index contributed by atoms with van der Waals surface area (Å²) in [5.74, 6) is -2.85. The lowest BCUT2D eigenvalue weighted by Crippen LogP contribution is -2.20. The highest BCUT2D eigenvalue weighted by Crippen LogP contribution is 2.10. The molecule has 0 bridgehead atoms. The Balaban J connectivity index is -0.000000112. The minimum Gasteiger partial charge on any atom is -0.478 e. The number of aliphatic hydroxyl groups excluding tert-OH is 2. The summed E-state index contributed by atoms with van der Waals surface area (Å²) in [6.07, 6.45) is 0.833. The van der Waals surface area contributed by atoms with E-state index in [2.05, 4.69) is 19.7 Å². The van der Waals surface area contributed by atoms with Gasteiger partial charge in [-0.1, -0.05) is 33.6 Å². The summed E-state index contributed by atoms with van der Waals surface area (Å²) in [6.45, 7) is 15.9. The van der Waals surface area contributed by atoms with Crippen molar-refractivity contribution in [1.82, 2.24) is 0 Å². The molecule has 0 saturated heterocycles. The van der Waals surface area contributed by atoms with Crippen LogP contribution in [0.4, 0.5) is 0 Å². The van der Waals surface area contributed by atoms with E-state index in [1.54, 1.807) is 13.8 Å². The molecule has 0 aliphatic rings. The van der Waals surface area contributed by atoms with E-state index in [0.717, 1.165) is 6.08 Å². The van der Waals surface area contributed by atoms with Crippen molar-refractivity contribution in [3.05, 3.63) is 37.0 Å². The first-order valence-corrected chi connectivity index (χ1v) is 6.53. The third-order valence-corrected chi connectivity index (χ3v) is 1.76. The van der Waals surface area contributed by atoms with Gasteiger partial charge in [0.2, 0.25) is 0 Å². The highest BCUT2D eigenvalue weighted by molar-refractivity contribution is 5.85. The number of rotatable bonds is 5. The Kier molecular flexibility index (Phi) is 20.8. The summed E-state index contributed by atoms with van der Waals surface area (Å²) >= 11 is 0. The molecule has 0 aromatic carbocycles. The molecule has 0 unspecified atom stereocenters. The zero-order valence-electron chi connectivity index (χ0n) is 14.6. The van der Waals surface area contributed by atoms with Crippen LogP contribution < -0.4 is 0 Å². The molecule has 0 saturated carbocycles. The molecular weight excluding hydrogens is 320 g/mol. The van der Waals surface area contributed by atoms with Crippen LogP contribution in [0.5, 0.6) is 0 Å². The van der Waals surface area contributed by atoms with E-state index in [-0.39, 0.29) is 29.8 Å². The summed E-state index contributed by atoms with van der Waals surface area (Å²) in [7, 11) is 0. The summed E-state index contributed by atoms with van der Waals surface area (Å²) in [5.41, 5.74) is 0.0463. The van der Waals surface area contributed by atoms with E-state index < -0.39 is 17.9 Å². The molecule has 0 fully saturated rings. The zero-order valence-corrected chi connectivity index (χ0v) is 14.6. The lowest BCUT2D eigenvalue weighted by molar-refractivity contribution is -0.133. The van der Waals surface area contributed by atoms with Gasteiger partial charge in [0.25, 0.3) is 0 Å². The molecule has 24 heavy (non-hydrogen) atoms. The number of hydrogen-bond donors (Lipinski definition) is 5. The maximum atomic E-state index is 9.60. The fraction of sp³-hybridized carbons (Fsp3) is 0.438. The minimum absolute atomic E-state index is 0.0451. The lowest BCUT2D eigenvalue weighted by atomic mass is 9.97. The Morgan fingerprint density at radius 3 is 1.04 bits per heavy atom. The molecule has 0 heterocycles. The minimum atomic E-state index is -0.981. The van der Waals surface area contributed by atoms with Gasteiger partial charge in [-0.15, -0.1) is 0 Å². The normalized spacial score (nSPS) is 8.58. The molecule has 8 heteroatoms. The quantitative estimate of drug-likeness (QED) is 0.469. The van der Waals surface area contributed by atoms with E-state index in [0.29, 0.717) is 0 Å². The predicted octanol–water partition coefficient (Wildman–Crippen LogP) is 1.55. The molecule has 0 spiro atoms. The van der Waals surface area contributed by atoms with Gasteiger partial charge in [-0.2, -0.15) is 0 Å². The van der Waals surface area contributed by atoms with Crippen molar-refractivity contribution in [2.24, 2.45) is 5.41 Å². The summed E-state index contributed by atoms with van der Waals surface area (Å²) in [5, 5.41) is 40.3. The molecule has 0 atom stereocenters. The third kappa shape index (κ3) is 36.6. The zero-order chi connectivity index (χ0) is 20.5. The summed E-state index contributed by atoms with van der Waals surface area (Å²) in [6, 6.07) is 0. The van der Waals surface area contributed by atoms with Crippen LogP contribution in [-0.2, 0) is 14.4 Å². The number of aliphatic carboxylic acids is 3. The van der Waals surface area contributed by atoms with Crippen LogP contribution in [0.15, 0.2) is 37.0 Å². The van der Waals surface area contributed by atoms with Crippen LogP contribution in [0.1, 0.15) is 27.7 Å². The topological polar surface area (TPSA) is 152 Å². The van der Waals surface area contributed by atoms with Crippen molar-refractivity contribution in [2.45, 2.75) is 27.7 Å². The van der Waals surface area contributed by atoms with Gasteiger partial charge in [-0.05, 0) is 13.8 Å². The van der Waals surface area contributed by atoms with E-state index in [1.807, 2.05) is 0 Å². The van der Waals surface area contributed by atoms with Crippen molar-refractivity contribution in [3.63, 3.8) is 0 Å². The van der Waals surface area contributed by atoms with Crippen LogP contribution in [0.3, 0.4) is 0 Å². The van der Waals surface area contributed by atoms with E-state index in [1.165, 1.54) is 13.8 Å². The number of carboxylic acids is 3. The number of hydrogen-bond acceptors (Lipinski definition) is 5. The standard InChI is InChI=1S/C5H12O2.2C4H6O2.C3H4O2/c1-5(2,3-6)4-7;2*1-3(2)4(5)6;1-2-3(4)5/h6-7H,3-4H2,1-2H3;2*1H2,2H3,(H,5,6);2H,1H2,(H,4,5). The Hall–Kier alpha value is -2.45. The third-order valence-electron chi connectivity index (χ3n) is 1.76. The molecule has 0 aliphatic heterocycles. The van der Waals surface area contributed by atoms with Gasteiger partial charge in [-0.25, -0.2) is 14.4 Å². The van der Waals surface area contributed by atoms with Gasteiger partial charge < -0.3 is 25.5 Å². The SMILES string of the molecule is C=C(C)C(=O)O.C=C(C)C(=O)O.C=CC(=O)O.CC(C)(CO)CO. The number of aliphatic hydroxyl groups is 2. The van der Waals surface area contributed by atoms with Gasteiger partial charge >= 0.3 is 17.9 Å². The van der Waals surface area contributed by atoms with Crippen LogP contribution in [0.25, 0.3) is 0 Å². The molecule has 0 aliphatic carbocycles. The van der Waals surface area contributed by atoms with Crippen molar-refractivity contribution in [3.8, 4) is 0 Å². The van der Waals surface area contributed by atoms with Crippen molar-refractivity contribution >= 4 is 17.9 Å². The molecule has 5 N–H and O–H groups in total. The van der Waals surface area contributed by atoms with Crippen molar-refractivity contribution in [2.75, 3.05) is 13.2 Å². The highest BCUT2D eigenvalue weighted by atomic mass is 16.4. The largest absolute Gasteiger partial charge is 0.478 e. The number of carbonyl (C=O) groups is 3. The second kappa shape index (κ2) is 16.9. The van der Waals surface area contributed by atoms with Gasteiger partial charge in [0.15, 0.2) is 0 Å². The maximum Gasteiger partial charge on any atom is 0.330 e. The molecule has 8 nitrogen and oxygen atoms in total. The monoisotopic (exact) mass is 348 g/mol. The predicted molar refractivity (Wildman–Crippen MR) is 90.7 cm³/mol. The first-order valence-electron chi connectivity index (χ1n) is 6.53. The maximum absolute atomic E-state index is 9.60. The molecule has 0 rings (SSSR count). The summed E-state index contributed by atoms with van der Waals surface area (Å²) in [4.78, 5) is 28.4. The van der Waals surface area contributed by atoms with Gasteiger partial charge in [-0.3, -0.25) is 0 Å². The smallest absolute Gasteiger partial charge is 0.330 e. The summed E-state index contributed by atoms with van der Waals surface area (Å²) < 4.78 is 0. The van der Waals surface area contributed by atoms with Crippen LogP contribution >= 0.6 is 0 Å². The van der Waals surface area contributed by atoms with Gasteiger partial charge in [0.05, 0.1) is 13.2 Å². The molecule has 0 radical (unpaired) electrons. The molecule has 0 aromatic rings. The van der Waals surface area contributed by atoms with Crippen molar-refractivity contribution in [1.29, 1.82) is 0 Å². The number of carboxylic acid groups (broad SMARTS) is 3. The highest BCUT2D eigenvalue weighted by Gasteiger charge is 2.13. The molecule has 140 valence electrons. The Labute approximate surface area is 142 Å². The average Bonchev–Trinajstić information content (AvgIpc) is 2.48. The fourth-order valence-electron chi connectivity index (χ4n) is 0.0500. The van der Waals surface area contributed by atoms with Gasteiger partial charge in [0, 0.05) is 22.6 Å². The molecular formula is C16H28O8. The van der Waals surface area contributed by atoms with Crippen LogP contribution in [0.2, 0.25) is 0 Å². The Morgan fingerprint density at radius 2 is 1.04 bits per heavy atom. The Morgan fingerprint density at radius 1 is 0.875 bits per heavy atom. The van der Waals surface area contributed by atoms with E-state index in [4.69, 9.17) is 25.5 Å². The van der Waals surface area contributed by atoms with Crippen LogP contribution in [-0.4, -0.2) is 56.7 Å². The van der Waals surface area contributed by atoms with Gasteiger partial charge in [0.1, 0.15) is 0 Å². The van der Waals surface area contributed by atoms with Crippen LogP contribution in [0, 0.1) is 5.41 Å². The molecule has 0 amide bonds. The lowest BCUT2D eigenvalue weighted by Gasteiger charge is -2.16. The second-order valence-electron chi connectivity index (χ2n) is 5.19. The Bertz CT molecular complexity index is 381. The van der Waals surface area contributed by atoms with E-state index in [9.17, 15) is 14.4 Å². The fourth-order valence-corrected chi connectivity index (χ4v) is 0.0500. The first kappa shape index (κ1) is 29.5. The van der Waals surface area contributed by atoms with Crippen molar-refractivity contribution < 1.29 is 39.9 Å². The first-order chi connectivity index (χ1) is 10.7.